The molecule has 1 fully saturated rings. The van der Waals surface area contributed by atoms with E-state index in [0.717, 1.165) is 32.8 Å². The van der Waals surface area contributed by atoms with Crippen LogP contribution in [0.25, 0.3) is 0 Å². The summed E-state index contributed by atoms with van der Waals surface area (Å²) < 4.78 is 5.26. The summed E-state index contributed by atoms with van der Waals surface area (Å²) in [7, 11) is 0. The van der Waals surface area contributed by atoms with Gasteiger partial charge in [0.2, 0.25) is 0 Å². The van der Waals surface area contributed by atoms with Gasteiger partial charge in [-0.25, -0.2) is 0 Å². The lowest BCUT2D eigenvalue weighted by Gasteiger charge is -2.08. The summed E-state index contributed by atoms with van der Waals surface area (Å²) in [6.45, 7) is 4.36. The molecule has 3 heteroatoms. The van der Waals surface area contributed by atoms with Crippen molar-refractivity contribution in [3.05, 3.63) is 0 Å². The Morgan fingerprint density at radius 1 is 1.67 bits per heavy atom. The topological polar surface area (TPSA) is 47.3 Å². The number of ether oxygens (including phenoxy) is 1. The van der Waals surface area contributed by atoms with E-state index >= 15 is 0 Å². The Labute approximate surface area is 55.6 Å². The van der Waals surface area contributed by atoms with Gasteiger partial charge in [-0.1, -0.05) is 0 Å². The predicted molar refractivity (Wildman–Crippen MR) is 36.2 cm³/mol. The molecule has 3 nitrogen and oxygen atoms in total. The lowest BCUT2D eigenvalue weighted by Crippen LogP contribution is -2.28. The molecule has 0 aromatic rings. The van der Waals surface area contributed by atoms with Crippen LogP contribution < -0.4 is 11.1 Å². The predicted octanol–water partition coefficient (Wildman–Crippen LogP) is -0.819. The Kier molecular flexibility index (Phi) is 2.97. The van der Waals surface area contributed by atoms with Crippen molar-refractivity contribution in [2.24, 2.45) is 11.7 Å². The van der Waals surface area contributed by atoms with Gasteiger partial charge in [0.15, 0.2) is 0 Å². The fourth-order valence-electron chi connectivity index (χ4n) is 0.911. The molecular weight excluding hydrogens is 116 g/mol. The molecule has 1 unspecified atom stereocenters. The molecule has 1 atom stereocenters. The molecule has 1 aliphatic rings. The normalized spacial score (nSPS) is 29.7. The first-order chi connectivity index (χ1) is 4.43. The monoisotopic (exact) mass is 130 g/mol. The third-order valence-corrected chi connectivity index (χ3v) is 1.54. The van der Waals surface area contributed by atoms with Crippen LogP contribution in [0.3, 0.4) is 0 Å². The molecule has 0 aromatic heterocycles. The molecule has 0 aliphatic carbocycles. The molecular formula is C6H14N2O. The van der Waals surface area contributed by atoms with E-state index < -0.39 is 0 Å². The van der Waals surface area contributed by atoms with Crippen LogP contribution in [-0.4, -0.2) is 32.8 Å². The number of nitrogens with one attached hydrogen (secondary N) is 1. The van der Waals surface area contributed by atoms with Crippen LogP contribution in [0.2, 0.25) is 0 Å². The van der Waals surface area contributed by atoms with Crippen molar-refractivity contribution in [3.8, 4) is 0 Å². The van der Waals surface area contributed by atoms with Gasteiger partial charge in [-0.15, -0.1) is 0 Å². The second kappa shape index (κ2) is 3.82. The number of hydrogen-bond donors (Lipinski definition) is 2. The molecule has 3 N–H and O–H groups in total. The van der Waals surface area contributed by atoms with Gasteiger partial charge in [-0.3, -0.25) is 0 Å². The van der Waals surface area contributed by atoms with Crippen LogP contribution in [0.15, 0.2) is 0 Å². The molecule has 0 saturated carbocycles. The average molecular weight is 130 g/mol. The quantitative estimate of drug-likeness (QED) is 0.487. The van der Waals surface area contributed by atoms with E-state index in [1.54, 1.807) is 0 Å². The molecule has 0 aromatic carbocycles. The Bertz CT molecular complexity index is 69.5. The Balaban J connectivity index is 2.18. The zero-order valence-electron chi connectivity index (χ0n) is 5.60. The lowest BCUT2D eigenvalue weighted by atomic mass is 10.2. The first-order valence-electron chi connectivity index (χ1n) is 3.42. The SMILES string of the molecule is NCC1CNCCOC1. The van der Waals surface area contributed by atoms with Gasteiger partial charge in [-0.05, 0) is 6.54 Å². The van der Waals surface area contributed by atoms with E-state index in [9.17, 15) is 0 Å². The summed E-state index contributed by atoms with van der Waals surface area (Å²) in [5.41, 5.74) is 5.45. The van der Waals surface area contributed by atoms with Crippen molar-refractivity contribution >= 4 is 0 Å². The van der Waals surface area contributed by atoms with E-state index in [1.165, 1.54) is 0 Å². The highest BCUT2D eigenvalue weighted by Gasteiger charge is 2.08. The van der Waals surface area contributed by atoms with Gasteiger partial charge in [0.1, 0.15) is 0 Å². The van der Waals surface area contributed by atoms with Crippen LogP contribution in [0.5, 0.6) is 0 Å². The molecule has 0 amide bonds. The summed E-state index contributed by atoms with van der Waals surface area (Å²) in [6, 6.07) is 0. The van der Waals surface area contributed by atoms with Crippen molar-refractivity contribution in [2.45, 2.75) is 0 Å². The van der Waals surface area contributed by atoms with E-state index in [0.29, 0.717) is 5.92 Å². The fraction of sp³-hybridized carbons (Fsp3) is 1.00. The molecule has 1 aliphatic heterocycles. The molecule has 1 rings (SSSR count). The van der Waals surface area contributed by atoms with Crippen molar-refractivity contribution < 1.29 is 4.74 Å². The van der Waals surface area contributed by atoms with Gasteiger partial charge >= 0.3 is 0 Å². The highest BCUT2D eigenvalue weighted by molar-refractivity contribution is 4.64. The average Bonchev–Trinajstić information content (AvgIpc) is 2.13. The Hall–Kier alpha value is -0.120. The number of nitrogens with two attached hydrogens (primary N) is 1. The van der Waals surface area contributed by atoms with Crippen molar-refractivity contribution in [3.63, 3.8) is 0 Å². The van der Waals surface area contributed by atoms with Crippen LogP contribution in [0.1, 0.15) is 0 Å². The van der Waals surface area contributed by atoms with Crippen LogP contribution in [0.4, 0.5) is 0 Å². The third kappa shape index (κ3) is 2.30. The fourth-order valence-corrected chi connectivity index (χ4v) is 0.911. The molecule has 1 saturated heterocycles. The third-order valence-electron chi connectivity index (χ3n) is 1.54. The molecule has 0 radical (unpaired) electrons. The van der Waals surface area contributed by atoms with E-state index in [1.807, 2.05) is 0 Å². The van der Waals surface area contributed by atoms with Crippen molar-refractivity contribution in [1.82, 2.24) is 5.32 Å². The summed E-state index contributed by atoms with van der Waals surface area (Å²) >= 11 is 0. The highest BCUT2D eigenvalue weighted by atomic mass is 16.5. The summed E-state index contributed by atoms with van der Waals surface area (Å²) in [6.07, 6.45) is 0. The first kappa shape index (κ1) is 6.99. The standard InChI is InChI=1S/C6H14N2O/c7-3-6-4-8-1-2-9-5-6/h6,8H,1-5,7H2. The van der Waals surface area contributed by atoms with Gasteiger partial charge in [0.25, 0.3) is 0 Å². The minimum atomic E-state index is 0.521. The maximum absolute atomic E-state index is 5.45. The van der Waals surface area contributed by atoms with Crippen molar-refractivity contribution in [2.75, 3.05) is 32.8 Å². The second-order valence-electron chi connectivity index (χ2n) is 2.38. The lowest BCUT2D eigenvalue weighted by molar-refractivity contribution is 0.126. The summed E-state index contributed by atoms with van der Waals surface area (Å²) in [4.78, 5) is 0. The summed E-state index contributed by atoms with van der Waals surface area (Å²) in [5, 5.41) is 3.24. The summed E-state index contributed by atoms with van der Waals surface area (Å²) in [5.74, 6) is 0.521. The maximum atomic E-state index is 5.45. The Morgan fingerprint density at radius 2 is 2.56 bits per heavy atom. The van der Waals surface area contributed by atoms with E-state index in [-0.39, 0.29) is 0 Å². The molecule has 0 spiro atoms. The maximum Gasteiger partial charge on any atom is 0.0591 e. The smallest absolute Gasteiger partial charge is 0.0591 e. The van der Waals surface area contributed by atoms with Crippen molar-refractivity contribution in [1.29, 1.82) is 0 Å². The van der Waals surface area contributed by atoms with Gasteiger partial charge in [-0.2, -0.15) is 0 Å². The van der Waals surface area contributed by atoms with Crippen LogP contribution >= 0.6 is 0 Å². The number of rotatable bonds is 1. The largest absolute Gasteiger partial charge is 0.380 e. The molecule has 1 heterocycles. The Morgan fingerprint density at radius 3 is 3.33 bits per heavy atom. The van der Waals surface area contributed by atoms with E-state index in [2.05, 4.69) is 5.32 Å². The van der Waals surface area contributed by atoms with Gasteiger partial charge in [0, 0.05) is 19.0 Å². The van der Waals surface area contributed by atoms with Crippen LogP contribution in [-0.2, 0) is 4.74 Å². The van der Waals surface area contributed by atoms with Gasteiger partial charge < -0.3 is 15.8 Å². The molecule has 0 bridgehead atoms. The number of hydrogen-bond acceptors (Lipinski definition) is 3. The molecule has 54 valence electrons. The minimum Gasteiger partial charge on any atom is -0.380 e. The van der Waals surface area contributed by atoms with Gasteiger partial charge in [0.05, 0.1) is 13.2 Å². The highest BCUT2D eigenvalue weighted by Crippen LogP contribution is 1.95. The first-order valence-corrected chi connectivity index (χ1v) is 3.42. The zero-order chi connectivity index (χ0) is 6.53. The molecule has 9 heavy (non-hydrogen) atoms. The van der Waals surface area contributed by atoms with Crippen LogP contribution in [0, 0.1) is 5.92 Å². The second-order valence-corrected chi connectivity index (χ2v) is 2.38. The zero-order valence-corrected chi connectivity index (χ0v) is 5.60. The minimum absolute atomic E-state index is 0.521. The van der Waals surface area contributed by atoms with E-state index in [4.69, 9.17) is 10.5 Å².